The number of quaternary nitrogens is 1. The van der Waals surface area contributed by atoms with Crippen LogP contribution in [0.2, 0.25) is 0 Å². The summed E-state index contributed by atoms with van der Waals surface area (Å²) in [6.45, 7) is 2.62. The average Bonchev–Trinajstić information content (AvgIpc) is 2.87. The van der Waals surface area contributed by atoms with E-state index in [1.54, 1.807) is 0 Å². The molecule has 2 rings (SSSR count). The third-order valence-electron chi connectivity index (χ3n) is 4.79. The smallest absolute Gasteiger partial charge is 0.169 e. The fourth-order valence-corrected chi connectivity index (χ4v) is 3.54. The zero-order chi connectivity index (χ0) is 14.8. The predicted octanol–water partition coefficient (Wildman–Crippen LogP) is 1.96. The van der Waals surface area contributed by atoms with Crippen LogP contribution in [0.5, 0.6) is 0 Å². The van der Waals surface area contributed by atoms with Crippen LogP contribution in [0.15, 0.2) is 0 Å². The first-order chi connectivity index (χ1) is 10.3. The molecule has 1 saturated heterocycles. The normalized spacial score (nSPS) is 28.1. The van der Waals surface area contributed by atoms with Crippen molar-refractivity contribution in [3.05, 3.63) is 0 Å². The molecule has 0 aromatic carbocycles. The van der Waals surface area contributed by atoms with Gasteiger partial charge in [0.15, 0.2) is 5.79 Å². The second-order valence-electron chi connectivity index (χ2n) is 6.68. The highest BCUT2D eigenvalue weighted by Crippen LogP contribution is 2.34. The lowest BCUT2D eigenvalue weighted by molar-refractivity contribution is -0.662. The molecule has 4 nitrogen and oxygen atoms in total. The molecule has 1 aliphatic carbocycles. The van der Waals surface area contributed by atoms with Crippen molar-refractivity contribution in [3.8, 4) is 0 Å². The molecule has 0 aromatic heterocycles. The molecular formula is C17H34NO3+. The van der Waals surface area contributed by atoms with Gasteiger partial charge in [-0.05, 0) is 12.8 Å². The monoisotopic (exact) mass is 300 g/mol. The lowest BCUT2D eigenvalue weighted by atomic mass is 9.97. The van der Waals surface area contributed by atoms with Gasteiger partial charge in [-0.15, -0.1) is 0 Å². The number of nitrogens with two attached hydrogens (primary N) is 1. The Hall–Kier alpha value is -0.160. The second-order valence-corrected chi connectivity index (χ2v) is 6.68. The summed E-state index contributed by atoms with van der Waals surface area (Å²) in [5.74, 6) is -0.295. The van der Waals surface area contributed by atoms with E-state index in [-0.39, 0.29) is 18.5 Å². The number of ether oxygens (including phenoxy) is 2. The average molecular weight is 300 g/mol. The van der Waals surface area contributed by atoms with Crippen LogP contribution < -0.4 is 5.32 Å². The molecule has 124 valence electrons. The van der Waals surface area contributed by atoms with Crippen molar-refractivity contribution in [1.82, 2.24) is 0 Å². The molecule has 1 aliphatic heterocycles. The molecule has 1 spiro atoms. The summed E-state index contributed by atoms with van der Waals surface area (Å²) in [7, 11) is 0. The van der Waals surface area contributed by atoms with Gasteiger partial charge in [0.2, 0.25) is 0 Å². The maximum absolute atomic E-state index is 8.85. The van der Waals surface area contributed by atoms with Gasteiger partial charge < -0.3 is 19.9 Å². The van der Waals surface area contributed by atoms with Crippen LogP contribution in [0.3, 0.4) is 0 Å². The summed E-state index contributed by atoms with van der Waals surface area (Å²) in [6, 6.07) is 0. The van der Waals surface area contributed by atoms with E-state index in [1.807, 2.05) is 0 Å². The Morgan fingerprint density at radius 3 is 2.05 bits per heavy atom. The van der Waals surface area contributed by atoms with Crippen LogP contribution in [0.1, 0.15) is 70.6 Å². The fraction of sp³-hybridized carbons (Fsp3) is 1.00. The molecule has 0 bridgehead atoms. The third kappa shape index (κ3) is 6.23. The number of rotatable bonds is 4. The Morgan fingerprint density at radius 1 is 0.905 bits per heavy atom. The molecule has 1 atom stereocenters. The molecule has 1 heterocycles. The lowest BCUT2D eigenvalue weighted by Crippen LogP contribution is -2.87. The zero-order valence-electron chi connectivity index (χ0n) is 13.5. The van der Waals surface area contributed by atoms with Gasteiger partial charge in [-0.2, -0.15) is 0 Å². The lowest BCUT2D eigenvalue weighted by Gasteiger charge is -2.28. The minimum atomic E-state index is -0.295. The molecule has 3 N–H and O–H groups in total. The topological polar surface area (TPSA) is 55.3 Å². The fourth-order valence-electron chi connectivity index (χ4n) is 3.54. The van der Waals surface area contributed by atoms with Crippen molar-refractivity contribution < 1.29 is 19.9 Å². The van der Waals surface area contributed by atoms with Gasteiger partial charge in [-0.3, -0.25) is 0 Å². The summed E-state index contributed by atoms with van der Waals surface area (Å²) in [4.78, 5) is 0. The van der Waals surface area contributed by atoms with Crippen LogP contribution in [0, 0.1) is 0 Å². The zero-order valence-corrected chi connectivity index (χ0v) is 13.5. The summed E-state index contributed by atoms with van der Waals surface area (Å²) < 4.78 is 12.4. The molecule has 2 aliphatic rings. The Labute approximate surface area is 129 Å². The van der Waals surface area contributed by atoms with Gasteiger partial charge in [0.25, 0.3) is 0 Å². The largest absolute Gasteiger partial charge is 0.391 e. The molecule has 0 unspecified atom stereocenters. The first-order valence-electron chi connectivity index (χ1n) is 9.09. The predicted molar refractivity (Wildman–Crippen MR) is 83.1 cm³/mol. The van der Waals surface area contributed by atoms with Gasteiger partial charge in [-0.1, -0.05) is 44.9 Å². The Morgan fingerprint density at radius 2 is 1.48 bits per heavy atom. The number of aliphatic hydroxyl groups is 1. The summed E-state index contributed by atoms with van der Waals surface area (Å²) in [6.07, 6.45) is 14.3. The van der Waals surface area contributed by atoms with Gasteiger partial charge in [0.05, 0.1) is 19.8 Å². The van der Waals surface area contributed by atoms with E-state index in [2.05, 4.69) is 5.32 Å². The summed E-state index contributed by atoms with van der Waals surface area (Å²) in [5.41, 5.74) is 0. The van der Waals surface area contributed by atoms with Gasteiger partial charge in [0, 0.05) is 12.8 Å². The third-order valence-corrected chi connectivity index (χ3v) is 4.79. The van der Waals surface area contributed by atoms with Gasteiger partial charge >= 0.3 is 0 Å². The molecular weight excluding hydrogens is 266 g/mol. The molecule has 2 fully saturated rings. The molecule has 0 amide bonds. The van der Waals surface area contributed by atoms with Crippen molar-refractivity contribution in [2.75, 3.05) is 26.3 Å². The minimum Gasteiger partial charge on any atom is -0.391 e. The first kappa shape index (κ1) is 17.2. The second kappa shape index (κ2) is 9.78. The Balaban J connectivity index is 1.79. The number of hydrogen-bond donors (Lipinski definition) is 2. The van der Waals surface area contributed by atoms with Crippen LogP contribution in [-0.2, 0) is 9.47 Å². The minimum absolute atomic E-state index is 0.199. The molecule has 1 saturated carbocycles. The standard InChI is InChI=1S/C17H33NO3/c19-13-12-18-14-16-15-20-17(21-16)10-8-6-4-2-1-3-5-7-9-11-17/h16,18-19H,1-15H2/p+1/t16-/m0/s1. The molecule has 0 radical (unpaired) electrons. The SMILES string of the molecule is OCC[NH2+]C[C@H]1COC2(CCCCCCCCCCC2)O1. The molecule has 0 aromatic rings. The van der Waals surface area contributed by atoms with E-state index in [0.29, 0.717) is 0 Å². The van der Waals surface area contributed by atoms with E-state index in [9.17, 15) is 0 Å². The van der Waals surface area contributed by atoms with Crippen LogP contribution in [-0.4, -0.2) is 43.3 Å². The van der Waals surface area contributed by atoms with E-state index in [1.165, 1.54) is 57.8 Å². The first-order valence-corrected chi connectivity index (χ1v) is 9.09. The quantitative estimate of drug-likeness (QED) is 0.780. The molecule has 4 heteroatoms. The highest BCUT2D eigenvalue weighted by atomic mass is 16.7. The summed E-state index contributed by atoms with van der Waals surface area (Å²) in [5, 5.41) is 11.0. The van der Waals surface area contributed by atoms with Crippen molar-refractivity contribution in [2.45, 2.75) is 82.5 Å². The van der Waals surface area contributed by atoms with Crippen molar-refractivity contribution in [1.29, 1.82) is 0 Å². The van der Waals surface area contributed by atoms with E-state index < -0.39 is 0 Å². The van der Waals surface area contributed by atoms with E-state index in [0.717, 1.165) is 32.5 Å². The van der Waals surface area contributed by atoms with Crippen LogP contribution >= 0.6 is 0 Å². The van der Waals surface area contributed by atoms with Crippen LogP contribution in [0.4, 0.5) is 0 Å². The molecule has 21 heavy (non-hydrogen) atoms. The van der Waals surface area contributed by atoms with Crippen molar-refractivity contribution in [3.63, 3.8) is 0 Å². The maximum Gasteiger partial charge on any atom is 0.169 e. The highest BCUT2D eigenvalue weighted by Gasteiger charge is 2.41. The number of aliphatic hydroxyl groups excluding tert-OH is 1. The van der Waals surface area contributed by atoms with Crippen molar-refractivity contribution in [2.24, 2.45) is 0 Å². The highest BCUT2D eigenvalue weighted by molar-refractivity contribution is 4.79. The van der Waals surface area contributed by atoms with E-state index in [4.69, 9.17) is 14.6 Å². The van der Waals surface area contributed by atoms with Crippen molar-refractivity contribution >= 4 is 0 Å². The van der Waals surface area contributed by atoms with Gasteiger partial charge in [-0.25, -0.2) is 0 Å². The Bertz CT molecular complexity index is 261. The Kier molecular flexibility index (Phi) is 8.01. The summed E-state index contributed by atoms with van der Waals surface area (Å²) >= 11 is 0. The maximum atomic E-state index is 8.85. The van der Waals surface area contributed by atoms with E-state index >= 15 is 0 Å². The van der Waals surface area contributed by atoms with Crippen LogP contribution in [0.25, 0.3) is 0 Å². The van der Waals surface area contributed by atoms with Gasteiger partial charge in [0.1, 0.15) is 12.6 Å². The number of hydrogen-bond acceptors (Lipinski definition) is 3.